The minimum absolute atomic E-state index is 0.147. The molecule has 2 heterocycles. The van der Waals surface area contributed by atoms with Crippen LogP contribution in [-0.2, 0) is 0 Å². The first-order valence-corrected chi connectivity index (χ1v) is 7.43. The third-order valence-corrected chi connectivity index (χ3v) is 3.21. The minimum Gasteiger partial charge on any atom is -0.478 e. The fourth-order valence-electron chi connectivity index (χ4n) is 2.06. The first-order chi connectivity index (χ1) is 12.2. The molecule has 0 saturated heterocycles. The van der Waals surface area contributed by atoms with E-state index in [1.54, 1.807) is 43.0 Å². The minimum atomic E-state index is -1.02. The lowest BCUT2D eigenvalue weighted by Crippen LogP contribution is -1.98. The number of hydrogen-bond acceptors (Lipinski definition) is 3. The number of benzene rings is 1. The standard InChI is InChI=1S/C21H12N2O2/c24-21(25)20-12-18(7-5-16-3-1-9-22-14-16)11-19(13-20)8-6-17-4-2-10-23-15-17/h1-4,9-15H,(H,24,25). The molecule has 0 spiro atoms. The van der Waals surface area contributed by atoms with Crippen molar-refractivity contribution in [3.63, 3.8) is 0 Å². The van der Waals surface area contributed by atoms with E-state index in [1.165, 1.54) is 12.1 Å². The van der Waals surface area contributed by atoms with Gasteiger partial charge in [-0.25, -0.2) is 4.79 Å². The zero-order chi connectivity index (χ0) is 17.5. The van der Waals surface area contributed by atoms with E-state index in [-0.39, 0.29) is 5.56 Å². The number of aromatic carboxylic acids is 1. The number of pyridine rings is 2. The molecule has 1 aromatic carbocycles. The van der Waals surface area contributed by atoms with E-state index in [0.717, 1.165) is 11.1 Å². The Balaban J connectivity index is 1.97. The Morgan fingerprint density at radius 2 is 1.24 bits per heavy atom. The third kappa shape index (κ3) is 4.54. The predicted octanol–water partition coefficient (Wildman–Crippen LogP) is 2.97. The maximum absolute atomic E-state index is 11.3. The van der Waals surface area contributed by atoms with Crippen LogP contribution in [0.25, 0.3) is 0 Å². The van der Waals surface area contributed by atoms with Gasteiger partial charge in [-0.15, -0.1) is 0 Å². The highest BCUT2D eigenvalue weighted by atomic mass is 16.4. The summed E-state index contributed by atoms with van der Waals surface area (Å²) in [6, 6.07) is 12.1. The molecule has 0 aliphatic rings. The van der Waals surface area contributed by atoms with E-state index in [1.807, 2.05) is 12.1 Å². The van der Waals surface area contributed by atoms with E-state index in [0.29, 0.717) is 11.1 Å². The van der Waals surface area contributed by atoms with Crippen LogP contribution in [0.3, 0.4) is 0 Å². The van der Waals surface area contributed by atoms with Gasteiger partial charge in [-0.05, 0) is 42.5 Å². The van der Waals surface area contributed by atoms with Gasteiger partial charge in [-0.3, -0.25) is 9.97 Å². The van der Waals surface area contributed by atoms with Gasteiger partial charge in [-0.2, -0.15) is 0 Å². The maximum Gasteiger partial charge on any atom is 0.335 e. The summed E-state index contributed by atoms with van der Waals surface area (Å²) in [6.45, 7) is 0. The fraction of sp³-hybridized carbons (Fsp3) is 0. The number of carboxylic acids is 1. The Morgan fingerprint density at radius 3 is 1.64 bits per heavy atom. The van der Waals surface area contributed by atoms with Crippen LogP contribution in [-0.4, -0.2) is 21.0 Å². The fourth-order valence-corrected chi connectivity index (χ4v) is 2.06. The summed E-state index contributed by atoms with van der Waals surface area (Å²) >= 11 is 0. The van der Waals surface area contributed by atoms with Crippen molar-refractivity contribution in [3.8, 4) is 23.7 Å². The Bertz CT molecular complexity index is 946. The predicted molar refractivity (Wildman–Crippen MR) is 93.8 cm³/mol. The Labute approximate surface area is 145 Å². The summed E-state index contributed by atoms with van der Waals surface area (Å²) in [4.78, 5) is 19.3. The zero-order valence-corrected chi connectivity index (χ0v) is 13.1. The lowest BCUT2D eigenvalue weighted by molar-refractivity contribution is 0.0697. The van der Waals surface area contributed by atoms with Gasteiger partial charge in [0.05, 0.1) is 5.56 Å². The zero-order valence-electron chi connectivity index (χ0n) is 13.1. The summed E-state index contributed by atoms with van der Waals surface area (Å²) in [5.74, 6) is 10.8. The summed E-state index contributed by atoms with van der Waals surface area (Å²) in [7, 11) is 0. The van der Waals surface area contributed by atoms with Crippen molar-refractivity contribution in [2.45, 2.75) is 0 Å². The van der Waals surface area contributed by atoms with Crippen LogP contribution in [0.1, 0.15) is 32.6 Å². The number of aromatic nitrogens is 2. The van der Waals surface area contributed by atoms with Crippen molar-refractivity contribution < 1.29 is 9.90 Å². The number of rotatable bonds is 1. The second kappa shape index (κ2) is 7.59. The second-order valence-electron chi connectivity index (χ2n) is 5.09. The molecule has 0 amide bonds. The summed E-state index contributed by atoms with van der Waals surface area (Å²) in [5.41, 5.74) is 2.82. The number of hydrogen-bond donors (Lipinski definition) is 1. The van der Waals surface area contributed by atoms with Gasteiger partial charge >= 0.3 is 5.97 Å². The molecule has 1 N–H and O–H groups in total. The van der Waals surface area contributed by atoms with Crippen molar-refractivity contribution >= 4 is 5.97 Å². The van der Waals surface area contributed by atoms with Crippen LogP contribution in [0, 0.1) is 23.7 Å². The molecule has 118 valence electrons. The van der Waals surface area contributed by atoms with Gasteiger partial charge in [0, 0.05) is 47.0 Å². The average Bonchev–Trinajstić information content (AvgIpc) is 2.66. The van der Waals surface area contributed by atoms with E-state index < -0.39 is 5.97 Å². The molecule has 25 heavy (non-hydrogen) atoms. The van der Waals surface area contributed by atoms with Gasteiger partial charge in [0.2, 0.25) is 0 Å². The van der Waals surface area contributed by atoms with Crippen LogP contribution in [0.5, 0.6) is 0 Å². The lowest BCUT2D eigenvalue weighted by atomic mass is 10.1. The number of nitrogens with zero attached hydrogens (tertiary/aromatic N) is 2. The molecule has 4 heteroatoms. The molecular weight excluding hydrogens is 312 g/mol. The number of carbonyl (C=O) groups is 1. The highest BCUT2D eigenvalue weighted by Crippen LogP contribution is 2.10. The van der Waals surface area contributed by atoms with E-state index in [2.05, 4.69) is 33.6 Å². The molecular formula is C21H12N2O2. The molecule has 2 aromatic heterocycles. The van der Waals surface area contributed by atoms with Crippen LogP contribution in [0.15, 0.2) is 67.3 Å². The van der Waals surface area contributed by atoms with E-state index in [9.17, 15) is 9.90 Å². The quantitative estimate of drug-likeness (QED) is 0.699. The molecule has 0 radical (unpaired) electrons. The van der Waals surface area contributed by atoms with Crippen molar-refractivity contribution in [1.29, 1.82) is 0 Å². The Kier molecular flexibility index (Phi) is 4.85. The van der Waals surface area contributed by atoms with Crippen molar-refractivity contribution in [2.75, 3.05) is 0 Å². The smallest absolute Gasteiger partial charge is 0.335 e. The lowest BCUT2D eigenvalue weighted by Gasteiger charge is -1.99. The molecule has 0 bridgehead atoms. The highest BCUT2D eigenvalue weighted by Gasteiger charge is 2.05. The molecule has 4 nitrogen and oxygen atoms in total. The van der Waals surface area contributed by atoms with Crippen molar-refractivity contribution in [3.05, 3.63) is 95.1 Å². The number of carboxylic acid groups (broad SMARTS) is 1. The second-order valence-corrected chi connectivity index (χ2v) is 5.09. The Hall–Kier alpha value is -3.89. The van der Waals surface area contributed by atoms with E-state index >= 15 is 0 Å². The molecule has 0 saturated carbocycles. The largest absolute Gasteiger partial charge is 0.478 e. The normalized spacial score (nSPS) is 9.28. The first-order valence-electron chi connectivity index (χ1n) is 7.43. The molecule has 0 unspecified atom stereocenters. The molecule has 0 fully saturated rings. The van der Waals surface area contributed by atoms with E-state index in [4.69, 9.17) is 0 Å². The highest BCUT2D eigenvalue weighted by molar-refractivity contribution is 5.88. The van der Waals surface area contributed by atoms with Crippen LogP contribution in [0.2, 0.25) is 0 Å². The Morgan fingerprint density at radius 1 is 0.760 bits per heavy atom. The van der Waals surface area contributed by atoms with Crippen molar-refractivity contribution in [1.82, 2.24) is 9.97 Å². The summed E-state index contributed by atoms with van der Waals surface area (Å²) < 4.78 is 0. The third-order valence-electron chi connectivity index (χ3n) is 3.21. The van der Waals surface area contributed by atoms with Crippen LogP contribution >= 0.6 is 0 Å². The first kappa shape index (κ1) is 16.0. The molecule has 0 atom stereocenters. The van der Waals surface area contributed by atoms with Gasteiger partial charge in [0.15, 0.2) is 0 Å². The monoisotopic (exact) mass is 324 g/mol. The molecule has 3 rings (SSSR count). The summed E-state index contributed by atoms with van der Waals surface area (Å²) in [6.07, 6.45) is 6.64. The van der Waals surface area contributed by atoms with Crippen molar-refractivity contribution in [2.24, 2.45) is 0 Å². The van der Waals surface area contributed by atoms with Gasteiger partial charge in [0.25, 0.3) is 0 Å². The average molecular weight is 324 g/mol. The summed E-state index contributed by atoms with van der Waals surface area (Å²) in [5, 5.41) is 9.29. The van der Waals surface area contributed by atoms with Gasteiger partial charge < -0.3 is 5.11 Å². The van der Waals surface area contributed by atoms with Crippen LogP contribution in [0.4, 0.5) is 0 Å². The van der Waals surface area contributed by atoms with Gasteiger partial charge in [-0.1, -0.05) is 23.7 Å². The molecule has 3 aromatic rings. The topological polar surface area (TPSA) is 63.1 Å². The van der Waals surface area contributed by atoms with Crippen LogP contribution < -0.4 is 0 Å². The maximum atomic E-state index is 11.3. The molecule has 0 aliphatic carbocycles. The van der Waals surface area contributed by atoms with Gasteiger partial charge in [0.1, 0.15) is 0 Å². The SMILES string of the molecule is O=C(O)c1cc(C#Cc2cccnc2)cc(C#Cc2cccnc2)c1. The molecule has 0 aliphatic heterocycles.